The molecule has 0 spiro atoms. The number of hydrogen-bond acceptors (Lipinski definition) is 7. The first kappa shape index (κ1) is 29.5. The van der Waals surface area contributed by atoms with Crippen LogP contribution in [-0.2, 0) is 4.74 Å². The third-order valence-electron chi connectivity index (χ3n) is 7.70. The number of aromatic nitrogens is 2. The molecule has 2 aliphatic rings. The summed E-state index contributed by atoms with van der Waals surface area (Å²) in [5, 5.41) is 18.8. The first-order chi connectivity index (χ1) is 19.0. The molecule has 2 aliphatic heterocycles. The van der Waals surface area contributed by atoms with Crippen molar-refractivity contribution in [2.75, 3.05) is 39.3 Å². The van der Waals surface area contributed by atoms with Gasteiger partial charge in [-0.3, -0.25) is 14.9 Å². The second-order valence-electron chi connectivity index (χ2n) is 12.0. The van der Waals surface area contributed by atoms with Crippen molar-refractivity contribution in [1.29, 1.82) is 0 Å². The molecule has 0 atom stereocenters. The highest BCUT2D eigenvalue weighted by Crippen LogP contribution is 2.33. The van der Waals surface area contributed by atoms with Crippen LogP contribution in [0.3, 0.4) is 0 Å². The number of nitro benzene ring substituents is 1. The minimum atomic E-state index is -0.569. The van der Waals surface area contributed by atoms with Crippen LogP contribution in [0.4, 0.5) is 10.5 Å². The van der Waals surface area contributed by atoms with Crippen molar-refractivity contribution in [2.45, 2.75) is 71.3 Å². The number of benzene rings is 1. The number of likely N-dealkylation sites (tertiary alicyclic amines) is 2. The molecule has 0 radical (unpaired) electrons. The zero-order valence-corrected chi connectivity index (χ0v) is 24.1. The van der Waals surface area contributed by atoms with Gasteiger partial charge in [-0.25, -0.2) is 9.48 Å². The number of hydrogen-bond donors (Lipinski definition) is 1. The Hall–Kier alpha value is -3.47. The van der Waals surface area contributed by atoms with Crippen LogP contribution in [0, 0.1) is 16.0 Å². The highest BCUT2D eigenvalue weighted by Gasteiger charge is 2.32. The van der Waals surface area contributed by atoms with E-state index in [-0.39, 0.29) is 23.6 Å². The molecular weight excluding hydrogens is 512 g/mol. The molecule has 11 heteroatoms. The SMILES string of the molecule is CC1CCN(CCCNC(=O)c2cnn(-c3ccc([N+](=O)[O-])cc3)c2C2CCN(C(=O)OC(C)(C)C)CC2)CC1. The van der Waals surface area contributed by atoms with Crippen LogP contribution >= 0.6 is 0 Å². The maximum atomic E-state index is 13.4. The Labute approximate surface area is 236 Å². The molecule has 2 saturated heterocycles. The molecule has 1 N–H and O–H groups in total. The van der Waals surface area contributed by atoms with Gasteiger partial charge in [-0.15, -0.1) is 0 Å². The van der Waals surface area contributed by atoms with Gasteiger partial charge in [-0.2, -0.15) is 5.10 Å². The summed E-state index contributed by atoms with van der Waals surface area (Å²) in [4.78, 5) is 40.8. The van der Waals surface area contributed by atoms with Crippen molar-refractivity contribution in [3.63, 3.8) is 0 Å². The number of nitrogens with zero attached hydrogens (tertiary/aromatic N) is 5. The van der Waals surface area contributed by atoms with E-state index < -0.39 is 10.5 Å². The average molecular weight is 555 g/mol. The molecule has 3 heterocycles. The first-order valence-electron chi connectivity index (χ1n) is 14.3. The minimum Gasteiger partial charge on any atom is -0.444 e. The van der Waals surface area contributed by atoms with Crippen LogP contribution in [0.5, 0.6) is 0 Å². The van der Waals surface area contributed by atoms with E-state index in [0.29, 0.717) is 43.7 Å². The number of non-ortho nitro benzene ring substituents is 1. The van der Waals surface area contributed by atoms with E-state index in [0.717, 1.165) is 37.7 Å². The number of amides is 2. The lowest BCUT2D eigenvalue weighted by atomic mass is 9.91. The molecule has 11 nitrogen and oxygen atoms in total. The molecule has 2 amide bonds. The fourth-order valence-electron chi connectivity index (χ4n) is 5.39. The van der Waals surface area contributed by atoms with Crippen molar-refractivity contribution in [1.82, 2.24) is 24.9 Å². The molecule has 0 aliphatic carbocycles. The van der Waals surface area contributed by atoms with Gasteiger partial charge in [0, 0.05) is 37.7 Å². The quantitative estimate of drug-likeness (QED) is 0.284. The average Bonchev–Trinajstić information content (AvgIpc) is 3.36. The van der Waals surface area contributed by atoms with Crippen LogP contribution in [0.2, 0.25) is 0 Å². The van der Waals surface area contributed by atoms with E-state index in [1.807, 2.05) is 20.8 Å². The van der Waals surface area contributed by atoms with E-state index in [4.69, 9.17) is 4.74 Å². The maximum Gasteiger partial charge on any atom is 0.410 e. The predicted molar refractivity (Wildman–Crippen MR) is 152 cm³/mol. The monoisotopic (exact) mass is 554 g/mol. The number of nitrogens with one attached hydrogen (secondary N) is 1. The summed E-state index contributed by atoms with van der Waals surface area (Å²) < 4.78 is 7.25. The Morgan fingerprint density at radius 1 is 1.07 bits per heavy atom. The molecule has 0 saturated carbocycles. The summed E-state index contributed by atoms with van der Waals surface area (Å²) in [5.41, 5.74) is 1.33. The topological polar surface area (TPSA) is 123 Å². The summed E-state index contributed by atoms with van der Waals surface area (Å²) in [6.45, 7) is 12.6. The molecule has 2 fully saturated rings. The lowest BCUT2D eigenvalue weighted by Crippen LogP contribution is -2.41. The van der Waals surface area contributed by atoms with E-state index >= 15 is 0 Å². The van der Waals surface area contributed by atoms with Gasteiger partial charge >= 0.3 is 6.09 Å². The van der Waals surface area contributed by atoms with E-state index in [9.17, 15) is 19.7 Å². The number of nitro groups is 1. The maximum absolute atomic E-state index is 13.4. The first-order valence-corrected chi connectivity index (χ1v) is 14.3. The van der Waals surface area contributed by atoms with Crippen LogP contribution in [0.1, 0.15) is 81.8 Å². The molecule has 40 heavy (non-hydrogen) atoms. The van der Waals surface area contributed by atoms with Gasteiger partial charge in [0.25, 0.3) is 11.6 Å². The fourth-order valence-corrected chi connectivity index (χ4v) is 5.39. The third-order valence-corrected chi connectivity index (χ3v) is 7.70. The molecule has 1 aromatic heterocycles. The van der Waals surface area contributed by atoms with Crippen molar-refractivity contribution in [3.8, 4) is 5.69 Å². The molecule has 4 rings (SSSR count). The number of piperidine rings is 2. The molecule has 1 aromatic carbocycles. The predicted octanol–water partition coefficient (Wildman–Crippen LogP) is 4.75. The largest absolute Gasteiger partial charge is 0.444 e. The summed E-state index contributed by atoms with van der Waals surface area (Å²) >= 11 is 0. The standard InChI is InChI=1S/C29H42N6O5/c1-21-10-16-32(17-11-21)15-5-14-30-27(36)25-20-31-34(23-6-8-24(9-7-23)35(38)39)26(25)22-12-18-33(19-13-22)28(37)40-29(2,3)4/h6-9,20-22H,5,10-19H2,1-4H3,(H,30,36). The highest BCUT2D eigenvalue weighted by molar-refractivity contribution is 5.95. The second-order valence-corrected chi connectivity index (χ2v) is 12.0. The molecule has 0 bridgehead atoms. The molecule has 0 unspecified atom stereocenters. The number of carbonyl (C=O) groups excluding carboxylic acids is 2. The van der Waals surface area contributed by atoms with Gasteiger partial charge in [-0.1, -0.05) is 6.92 Å². The van der Waals surface area contributed by atoms with Gasteiger partial charge in [-0.05, 0) is 90.6 Å². The van der Waals surface area contributed by atoms with Gasteiger partial charge in [0.15, 0.2) is 0 Å². The Balaban J connectivity index is 1.47. The van der Waals surface area contributed by atoms with Crippen LogP contribution < -0.4 is 5.32 Å². The zero-order valence-electron chi connectivity index (χ0n) is 24.1. The van der Waals surface area contributed by atoms with Gasteiger partial charge in [0.2, 0.25) is 0 Å². The summed E-state index contributed by atoms with van der Waals surface area (Å²) in [6, 6.07) is 6.16. The molecule has 2 aromatic rings. The van der Waals surface area contributed by atoms with Gasteiger partial charge < -0.3 is 19.9 Å². The Bertz CT molecular complexity index is 1170. The smallest absolute Gasteiger partial charge is 0.410 e. The fraction of sp³-hybridized carbons (Fsp3) is 0.621. The zero-order chi connectivity index (χ0) is 28.9. The Morgan fingerprint density at radius 3 is 2.33 bits per heavy atom. The summed E-state index contributed by atoms with van der Waals surface area (Å²) in [5.74, 6) is 0.593. The Morgan fingerprint density at radius 2 is 1.73 bits per heavy atom. The van der Waals surface area contributed by atoms with Crippen molar-refractivity contribution < 1.29 is 19.2 Å². The second kappa shape index (κ2) is 12.8. The van der Waals surface area contributed by atoms with Crippen LogP contribution in [0.25, 0.3) is 5.69 Å². The Kier molecular flexibility index (Phi) is 9.44. The van der Waals surface area contributed by atoms with Crippen LogP contribution in [-0.4, -0.2) is 81.4 Å². The normalized spacial score (nSPS) is 17.6. The lowest BCUT2D eigenvalue weighted by molar-refractivity contribution is -0.384. The van der Waals surface area contributed by atoms with Crippen molar-refractivity contribution >= 4 is 17.7 Å². The summed E-state index contributed by atoms with van der Waals surface area (Å²) in [7, 11) is 0. The highest BCUT2D eigenvalue weighted by atomic mass is 16.6. The molecular formula is C29H42N6O5. The van der Waals surface area contributed by atoms with Crippen molar-refractivity contribution in [3.05, 3.63) is 51.8 Å². The summed E-state index contributed by atoms with van der Waals surface area (Å²) in [6.07, 6.45) is 5.86. The van der Waals surface area contributed by atoms with Crippen molar-refractivity contribution in [2.24, 2.45) is 5.92 Å². The van der Waals surface area contributed by atoms with Crippen LogP contribution in [0.15, 0.2) is 30.5 Å². The number of ether oxygens (including phenoxy) is 1. The van der Waals surface area contributed by atoms with Gasteiger partial charge in [0.1, 0.15) is 5.60 Å². The number of rotatable bonds is 8. The van der Waals surface area contributed by atoms with E-state index in [1.54, 1.807) is 27.9 Å². The van der Waals surface area contributed by atoms with E-state index in [1.165, 1.54) is 25.0 Å². The lowest BCUT2D eigenvalue weighted by Gasteiger charge is -2.34. The van der Waals surface area contributed by atoms with E-state index in [2.05, 4.69) is 22.2 Å². The third kappa shape index (κ3) is 7.59. The number of carbonyl (C=O) groups is 2. The minimum absolute atomic E-state index is 0.00995. The van der Waals surface area contributed by atoms with Gasteiger partial charge in [0.05, 0.1) is 28.1 Å². The molecule has 218 valence electrons.